The van der Waals surface area contributed by atoms with Crippen molar-refractivity contribution in [1.29, 1.82) is 0 Å². The molecular formula is C78H56N2Si2. The number of rotatable bonds is 12. The van der Waals surface area contributed by atoms with Crippen molar-refractivity contribution in [3.8, 4) is 33.6 Å². The number of benzene rings is 13. The number of hydrogen-bond donors (Lipinski definition) is 0. The topological polar surface area (TPSA) is 9.86 Å². The van der Waals surface area contributed by atoms with Crippen LogP contribution < -0.4 is 41.5 Å². The summed E-state index contributed by atoms with van der Waals surface area (Å²) in [5.41, 5.74) is 11.9. The van der Waals surface area contributed by atoms with Crippen molar-refractivity contribution in [3.05, 3.63) is 340 Å². The lowest BCUT2D eigenvalue weighted by Gasteiger charge is -2.35. The third-order valence-corrected chi connectivity index (χ3v) is 26.8. The fourth-order valence-corrected chi connectivity index (χ4v) is 23.6. The fraction of sp³-hybridized carbons (Fsp3) is 0. The molecule has 2 nitrogen and oxygen atoms in total. The van der Waals surface area contributed by atoms with Gasteiger partial charge in [0.2, 0.25) is 0 Å². The van der Waals surface area contributed by atoms with Gasteiger partial charge in [0.05, 0.1) is 27.8 Å². The summed E-state index contributed by atoms with van der Waals surface area (Å²) in [5, 5.41) is 15.8. The van der Waals surface area contributed by atoms with Crippen LogP contribution in [0, 0.1) is 0 Å². The van der Waals surface area contributed by atoms with E-state index in [1.54, 1.807) is 0 Å². The first-order valence-electron chi connectivity index (χ1n) is 28.4. The van der Waals surface area contributed by atoms with Crippen LogP contribution in [0.4, 0.5) is 0 Å². The summed E-state index contributed by atoms with van der Waals surface area (Å²) in [6.45, 7) is 0. The van der Waals surface area contributed by atoms with Crippen molar-refractivity contribution >= 4 is 101 Å². The second-order valence-electron chi connectivity index (χ2n) is 21.5. The van der Waals surface area contributed by atoms with Crippen molar-refractivity contribution in [1.82, 2.24) is 9.13 Å². The molecule has 0 unspecified atom stereocenters. The minimum atomic E-state index is -3.09. The van der Waals surface area contributed by atoms with Gasteiger partial charge in [-0.1, -0.05) is 297 Å². The van der Waals surface area contributed by atoms with Crippen molar-refractivity contribution in [2.45, 2.75) is 0 Å². The molecule has 0 bridgehead atoms. The van der Waals surface area contributed by atoms with Gasteiger partial charge in [-0.15, -0.1) is 0 Å². The van der Waals surface area contributed by atoms with Gasteiger partial charge in [0.25, 0.3) is 0 Å². The Morgan fingerprint density at radius 2 is 0.549 bits per heavy atom. The Balaban J connectivity index is 0.955. The normalized spacial score (nSPS) is 11.9. The second kappa shape index (κ2) is 20.5. The van der Waals surface area contributed by atoms with Gasteiger partial charge in [-0.3, -0.25) is 0 Å². The first-order chi connectivity index (χ1) is 40.7. The summed E-state index contributed by atoms with van der Waals surface area (Å²) >= 11 is 0. The molecule has 0 amide bonds. The number of fused-ring (bicyclic) bond motifs is 6. The molecule has 13 aromatic carbocycles. The van der Waals surface area contributed by atoms with Gasteiger partial charge in [0.1, 0.15) is 0 Å². The Morgan fingerprint density at radius 1 is 0.207 bits per heavy atom. The lowest BCUT2D eigenvalue weighted by atomic mass is 10.1. The van der Waals surface area contributed by atoms with Gasteiger partial charge in [0.15, 0.2) is 16.1 Å². The molecule has 0 fully saturated rings. The van der Waals surface area contributed by atoms with Crippen LogP contribution in [0.15, 0.2) is 340 Å². The van der Waals surface area contributed by atoms with Crippen LogP contribution in [0.25, 0.3) is 77.2 Å². The van der Waals surface area contributed by atoms with Crippen LogP contribution in [0.3, 0.4) is 0 Å². The minimum Gasteiger partial charge on any atom is -0.309 e. The number of aromatic nitrogens is 2. The van der Waals surface area contributed by atoms with Crippen molar-refractivity contribution in [2.24, 2.45) is 0 Å². The van der Waals surface area contributed by atoms with Crippen molar-refractivity contribution < 1.29 is 0 Å². The van der Waals surface area contributed by atoms with E-state index in [0.717, 1.165) is 16.9 Å². The molecular weight excluding hydrogens is 1020 g/mol. The molecule has 82 heavy (non-hydrogen) atoms. The standard InChI is InChI=1S/C78H56N2Si2/c1-7-27-57(28-8-1)59-31-23-41-67(55-59)81(62-33-11-3-12-34-62,63-35-13-4-14-36-63)66-53-51-61(52-54-66)79-71-45-21-19-43-69(71)77-73(79)47-25-48-74(77)80-72-46-22-20-44-70(72)78-75(80)49-26-50-76(78)82(64-37-15-5-16-38-64,65-39-17-6-18-40-65)68-42-24-32-60(56-68)58-29-9-2-10-30-58/h1-56H. The largest absolute Gasteiger partial charge is 0.309 e. The van der Waals surface area contributed by atoms with E-state index < -0.39 is 16.1 Å². The predicted molar refractivity (Wildman–Crippen MR) is 353 cm³/mol. The zero-order valence-electron chi connectivity index (χ0n) is 45.2. The van der Waals surface area contributed by atoms with Gasteiger partial charge >= 0.3 is 0 Å². The van der Waals surface area contributed by atoms with E-state index in [0.29, 0.717) is 0 Å². The van der Waals surface area contributed by atoms with Gasteiger partial charge < -0.3 is 9.13 Å². The van der Waals surface area contributed by atoms with Crippen LogP contribution in [-0.2, 0) is 0 Å². The summed E-state index contributed by atoms with van der Waals surface area (Å²) < 4.78 is 5.05. The summed E-state index contributed by atoms with van der Waals surface area (Å²) in [6.07, 6.45) is 0. The smallest absolute Gasteiger partial charge is 0.180 e. The van der Waals surface area contributed by atoms with E-state index in [1.165, 1.54) is 102 Å². The average molecular weight is 1080 g/mol. The minimum absolute atomic E-state index is 1.12. The second-order valence-corrected chi connectivity index (χ2v) is 29.1. The molecule has 0 N–H and O–H groups in total. The monoisotopic (exact) mass is 1080 g/mol. The van der Waals surface area contributed by atoms with Crippen LogP contribution in [0.5, 0.6) is 0 Å². The zero-order valence-corrected chi connectivity index (χ0v) is 47.2. The van der Waals surface area contributed by atoms with Crippen LogP contribution >= 0.6 is 0 Å². The van der Waals surface area contributed by atoms with E-state index in [9.17, 15) is 0 Å². The Labute approximate surface area is 480 Å². The lowest BCUT2D eigenvalue weighted by molar-refractivity contribution is 1.17. The average Bonchev–Trinajstić information content (AvgIpc) is 2.84. The highest BCUT2D eigenvalue weighted by Gasteiger charge is 2.44. The van der Waals surface area contributed by atoms with E-state index in [1.807, 2.05) is 0 Å². The third-order valence-electron chi connectivity index (χ3n) is 17.2. The summed E-state index contributed by atoms with van der Waals surface area (Å²) in [6, 6.07) is 127. The number of para-hydroxylation sites is 2. The van der Waals surface area contributed by atoms with E-state index in [4.69, 9.17) is 0 Å². The molecule has 0 radical (unpaired) electrons. The molecule has 0 spiro atoms. The van der Waals surface area contributed by atoms with Crippen molar-refractivity contribution in [3.63, 3.8) is 0 Å². The first kappa shape index (κ1) is 49.0. The number of hydrogen-bond acceptors (Lipinski definition) is 0. The Hall–Kier alpha value is -10.1. The zero-order chi connectivity index (χ0) is 54.5. The predicted octanol–water partition coefficient (Wildman–Crippen LogP) is 14.0. The Morgan fingerprint density at radius 3 is 1.06 bits per heavy atom. The molecule has 15 rings (SSSR count). The molecule has 0 aliphatic heterocycles. The molecule has 0 saturated heterocycles. The SMILES string of the molecule is c1ccc(-c2cccc([Si](c3ccccc3)(c3ccccc3)c3ccc(-n4c5ccccc5c5c(-n6c7ccccc7c7c([Si](c8ccccc8)(c8ccccc8)c8cccc(-c9ccccc9)c8)cccc76)cccc54)cc3)c2)cc1. The molecule has 386 valence electrons. The summed E-state index contributed by atoms with van der Waals surface area (Å²) in [5.74, 6) is 0. The van der Waals surface area contributed by atoms with E-state index >= 15 is 0 Å². The molecule has 2 heterocycles. The fourth-order valence-electron chi connectivity index (χ4n) is 13.8. The van der Waals surface area contributed by atoms with Crippen LogP contribution in [0.2, 0.25) is 0 Å². The first-order valence-corrected chi connectivity index (χ1v) is 32.4. The molecule has 2 aromatic heterocycles. The van der Waals surface area contributed by atoms with Crippen LogP contribution in [-0.4, -0.2) is 25.3 Å². The molecule has 15 aromatic rings. The van der Waals surface area contributed by atoms with Gasteiger partial charge in [0, 0.05) is 27.2 Å². The molecule has 0 atom stereocenters. The molecule has 4 heteroatoms. The van der Waals surface area contributed by atoms with Crippen molar-refractivity contribution in [2.75, 3.05) is 0 Å². The Kier molecular flexibility index (Phi) is 12.3. The molecule has 0 saturated carbocycles. The highest BCUT2D eigenvalue weighted by Crippen LogP contribution is 2.40. The Bertz CT molecular complexity index is 4690. The maximum absolute atomic E-state index is 3.09. The highest BCUT2D eigenvalue weighted by atomic mass is 28.3. The van der Waals surface area contributed by atoms with E-state index in [-0.39, 0.29) is 0 Å². The lowest BCUT2D eigenvalue weighted by Crippen LogP contribution is -2.74. The van der Waals surface area contributed by atoms with Gasteiger partial charge in [-0.2, -0.15) is 0 Å². The third kappa shape index (κ3) is 7.83. The summed E-state index contributed by atoms with van der Waals surface area (Å²) in [4.78, 5) is 0. The maximum atomic E-state index is 2.56. The number of nitrogens with zero attached hydrogens (tertiary/aromatic N) is 2. The highest BCUT2D eigenvalue weighted by molar-refractivity contribution is 7.21. The maximum Gasteiger partial charge on any atom is 0.180 e. The van der Waals surface area contributed by atoms with E-state index in [2.05, 4.69) is 349 Å². The van der Waals surface area contributed by atoms with Gasteiger partial charge in [-0.05, 0) is 106 Å². The summed E-state index contributed by atoms with van der Waals surface area (Å²) in [7, 11) is -5.98. The van der Waals surface area contributed by atoms with Crippen LogP contribution in [0.1, 0.15) is 0 Å². The van der Waals surface area contributed by atoms with Gasteiger partial charge in [-0.25, -0.2) is 0 Å². The molecule has 0 aliphatic carbocycles. The molecule has 0 aliphatic rings. The quantitative estimate of drug-likeness (QED) is 0.0852.